The summed E-state index contributed by atoms with van der Waals surface area (Å²) in [6, 6.07) is 10.2. The number of likely N-dealkylation sites (N-methyl/N-ethyl adjacent to an activating group) is 1. The fraction of sp³-hybridized carbons (Fsp3) is 0.250. The zero-order valence-corrected chi connectivity index (χ0v) is 11.5. The molecule has 1 aliphatic heterocycles. The van der Waals surface area contributed by atoms with E-state index in [0.29, 0.717) is 11.5 Å². The summed E-state index contributed by atoms with van der Waals surface area (Å²) in [5.41, 5.74) is 0.227. The molecule has 0 aromatic heterocycles. The second-order valence-corrected chi connectivity index (χ2v) is 4.85. The van der Waals surface area contributed by atoms with Gasteiger partial charge in [0.2, 0.25) is 0 Å². The average Bonchev–Trinajstić information content (AvgIpc) is 2.51. The van der Waals surface area contributed by atoms with E-state index in [-0.39, 0.29) is 12.2 Å². The van der Waals surface area contributed by atoms with Crippen LogP contribution in [0.2, 0.25) is 0 Å². The van der Waals surface area contributed by atoms with Crippen LogP contribution in [-0.2, 0) is 0 Å². The van der Waals surface area contributed by atoms with E-state index in [1.807, 2.05) is 18.2 Å². The van der Waals surface area contributed by atoms with E-state index in [1.165, 1.54) is 6.07 Å². The van der Waals surface area contributed by atoms with Crippen molar-refractivity contribution in [3.63, 3.8) is 0 Å². The molecule has 1 N–H and O–H groups in total. The first kappa shape index (κ1) is 13.8. The highest BCUT2D eigenvalue weighted by atomic mass is 19.1. The fourth-order valence-electron chi connectivity index (χ4n) is 2.49. The Morgan fingerprint density at radius 3 is 2.67 bits per heavy atom. The lowest BCUT2D eigenvalue weighted by molar-refractivity contribution is 0.0628. The van der Waals surface area contributed by atoms with Gasteiger partial charge >= 0.3 is 0 Å². The predicted octanol–water partition coefficient (Wildman–Crippen LogP) is 3.07. The number of rotatable bonds is 3. The van der Waals surface area contributed by atoms with Crippen molar-refractivity contribution in [2.75, 3.05) is 13.7 Å². The van der Waals surface area contributed by atoms with Gasteiger partial charge < -0.3 is 14.8 Å². The minimum atomic E-state index is -0.506. The summed E-state index contributed by atoms with van der Waals surface area (Å²) >= 11 is 0. The molecule has 0 fully saturated rings. The van der Waals surface area contributed by atoms with Gasteiger partial charge in [-0.2, -0.15) is 0 Å². The third kappa shape index (κ3) is 2.69. The molecule has 0 saturated carbocycles. The van der Waals surface area contributed by atoms with Crippen LogP contribution in [0.3, 0.4) is 0 Å². The largest absolute Gasteiger partial charge is 0.486 e. The fourth-order valence-corrected chi connectivity index (χ4v) is 2.49. The van der Waals surface area contributed by atoms with E-state index in [2.05, 4.69) is 5.32 Å². The number of halogens is 2. The average molecular weight is 291 g/mol. The normalized spacial score (nSPS) is 18.3. The standard InChI is InChI=1S/C16H15F2NO2/c1-19-16(11-8-10(17)6-7-12(11)18)15-9-20-13-4-2-3-5-14(13)21-15/h2-8,15-16,19H,9H2,1H3. The number of hydrogen-bond acceptors (Lipinski definition) is 3. The summed E-state index contributed by atoms with van der Waals surface area (Å²) in [5.74, 6) is 0.302. The highest BCUT2D eigenvalue weighted by molar-refractivity contribution is 5.41. The maximum Gasteiger partial charge on any atom is 0.161 e. The third-order valence-electron chi connectivity index (χ3n) is 3.51. The summed E-state index contributed by atoms with van der Waals surface area (Å²) in [6.45, 7) is 0.262. The molecule has 1 aliphatic rings. The van der Waals surface area contributed by atoms with Gasteiger partial charge in [0.05, 0.1) is 6.04 Å². The Kier molecular flexibility index (Phi) is 3.75. The first-order chi connectivity index (χ1) is 10.2. The van der Waals surface area contributed by atoms with Crippen molar-refractivity contribution in [3.8, 4) is 11.5 Å². The van der Waals surface area contributed by atoms with Crippen LogP contribution in [0.15, 0.2) is 42.5 Å². The van der Waals surface area contributed by atoms with E-state index in [1.54, 1.807) is 13.1 Å². The third-order valence-corrected chi connectivity index (χ3v) is 3.51. The molecule has 110 valence electrons. The SMILES string of the molecule is CNC(c1cc(F)ccc1F)C1COc2ccccc2O1. The van der Waals surface area contributed by atoms with E-state index >= 15 is 0 Å². The minimum Gasteiger partial charge on any atom is -0.486 e. The molecular weight excluding hydrogens is 276 g/mol. The topological polar surface area (TPSA) is 30.5 Å². The van der Waals surface area contributed by atoms with Crippen LogP contribution in [-0.4, -0.2) is 19.8 Å². The summed E-state index contributed by atoms with van der Waals surface area (Å²) in [6.07, 6.45) is -0.443. The van der Waals surface area contributed by atoms with E-state index in [4.69, 9.17) is 9.47 Å². The van der Waals surface area contributed by atoms with Crippen molar-refractivity contribution < 1.29 is 18.3 Å². The van der Waals surface area contributed by atoms with Gasteiger partial charge in [0.25, 0.3) is 0 Å². The first-order valence-corrected chi connectivity index (χ1v) is 6.69. The Morgan fingerprint density at radius 2 is 1.90 bits per heavy atom. The predicted molar refractivity (Wildman–Crippen MR) is 74.5 cm³/mol. The lowest BCUT2D eigenvalue weighted by Crippen LogP contribution is -2.40. The van der Waals surface area contributed by atoms with Gasteiger partial charge in [0, 0.05) is 5.56 Å². The zero-order chi connectivity index (χ0) is 14.8. The summed E-state index contributed by atoms with van der Waals surface area (Å²) in [5, 5.41) is 2.98. The van der Waals surface area contributed by atoms with Gasteiger partial charge in [0.1, 0.15) is 18.2 Å². The van der Waals surface area contributed by atoms with Crippen LogP contribution >= 0.6 is 0 Å². The van der Waals surface area contributed by atoms with Gasteiger partial charge in [-0.1, -0.05) is 12.1 Å². The molecule has 2 aromatic carbocycles. The van der Waals surface area contributed by atoms with Crippen LogP contribution in [0.1, 0.15) is 11.6 Å². The lowest BCUT2D eigenvalue weighted by atomic mass is 10.0. The first-order valence-electron chi connectivity index (χ1n) is 6.69. The molecule has 21 heavy (non-hydrogen) atoms. The lowest BCUT2D eigenvalue weighted by Gasteiger charge is -2.32. The smallest absolute Gasteiger partial charge is 0.161 e. The van der Waals surface area contributed by atoms with E-state index in [9.17, 15) is 8.78 Å². The Labute approximate surface area is 121 Å². The van der Waals surface area contributed by atoms with Crippen molar-refractivity contribution >= 4 is 0 Å². The molecule has 2 aromatic rings. The van der Waals surface area contributed by atoms with Crippen molar-refractivity contribution in [2.45, 2.75) is 12.1 Å². The Morgan fingerprint density at radius 1 is 1.14 bits per heavy atom. The second-order valence-electron chi connectivity index (χ2n) is 4.85. The van der Waals surface area contributed by atoms with Crippen molar-refractivity contribution in [1.82, 2.24) is 5.32 Å². The van der Waals surface area contributed by atoms with Crippen LogP contribution in [0, 0.1) is 11.6 Å². The summed E-state index contributed by atoms with van der Waals surface area (Å²) in [4.78, 5) is 0. The van der Waals surface area contributed by atoms with Gasteiger partial charge in [0.15, 0.2) is 17.6 Å². The quantitative estimate of drug-likeness (QED) is 0.942. The van der Waals surface area contributed by atoms with Gasteiger partial charge in [-0.3, -0.25) is 0 Å². The maximum atomic E-state index is 14.0. The molecule has 2 unspecified atom stereocenters. The molecular formula is C16H15F2NO2. The minimum absolute atomic E-state index is 0.227. The number of para-hydroxylation sites is 2. The monoisotopic (exact) mass is 291 g/mol. The molecule has 0 saturated heterocycles. The van der Waals surface area contributed by atoms with Crippen LogP contribution in [0.4, 0.5) is 8.78 Å². The summed E-state index contributed by atoms with van der Waals surface area (Å²) < 4.78 is 38.8. The molecule has 5 heteroatoms. The van der Waals surface area contributed by atoms with Gasteiger partial charge in [-0.25, -0.2) is 8.78 Å². The van der Waals surface area contributed by atoms with Crippen molar-refractivity contribution in [1.29, 1.82) is 0 Å². The molecule has 3 nitrogen and oxygen atoms in total. The number of benzene rings is 2. The molecule has 1 heterocycles. The van der Waals surface area contributed by atoms with Crippen LogP contribution in [0.25, 0.3) is 0 Å². The Balaban J connectivity index is 1.90. The van der Waals surface area contributed by atoms with Gasteiger partial charge in [-0.15, -0.1) is 0 Å². The molecule has 0 amide bonds. The van der Waals surface area contributed by atoms with Crippen molar-refractivity contribution in [3.05, 3.63) is 59.7 Å². The van der Waals surface area contributed by atoms with Gasteiger partial charge in [-0.05, 0) is 37.4 Å². The van der Waals surface area contributed by atoms with Crippen molar-refractivity contribution in [2.24, 2.45) is 0 Å². The number of nitrogens with one attached hydrogen (secondary N) is 1. The Hall–Kier alpha value is -2.14. The van der Waals surface area contributed by atoms with E-state index < -0.39 is 23.8 Å². The highest BCUT2D eigenvalue weighted by Crippen LogP contribution is 2.34. The maximum absolute atomic E-state index is 14.0. The zero-order valence-electron chi connectivity index (χ0n) is 11.5. The summed E-state index contributed by atoms with van der Waals surface area (Å²) in [7, 11) is 1.68. The second kappa shape index (κ2) is 5.69. The Bertz CT molecular complexity index is 648. The van der Waals surface area contributed by atoms with Crippen LogP contribution in [0.5, 0.6) is 11.5 Å². The molecule has 0 bridgehead atoms. The van der Waals surface area contributed by atoms with E-state index in [0.717, 1.165) is 12.1 Å². The molecule has 0 aliphatic carbocycles. The molecule has 2 atom stereocenters. The molecule has 3 rings (SSSR count). The highest BCUT2D eigenvalue weighted by Gasteiger charge is 2.31. The number of ether oxygens (including phenoxy) is 2. The van der Waals surface area contributed by atoms with Crippen LogP contribution < -0.4 is 14.8 Å². The molecule has 0 spiro atoms. The number of fused-ring (bicyclic) bond motifs is 1. The molecule has 0 radical (unpaired) electrons. The number of hydrogen-bond donors (Lipinski definition) is 1.